The van der Waals surface area contributed by atoms with Crippen LogP contribution in [0.15, 0.2) is 12.1 Å². The van der Waals surface area contributed by atoms with Gasteiger partial charge in [-0.25, -0.2) is 4.39 Å². The molecule has 0 aliphatic rings. The molecule has 0 aliphatic carbocycles. The van der Waals surface area contributed by atoms with E-state index in [2.05, 4.69) is 24.1 Å². The van der Waals surface area contributed by atoms with E-state index in [1.807, 2.05) is 6.92 Å². The molecule has 5 heteroatoms. The standard InChI is InChI=1S/C15H23Cl2FN2/c1-4-20(5-2)10-6-9-19-11(3)14-12(16)7-8-13(18)15(14)17/h7-8,11,19H,4-6,9-10H2,1-3H3. The highest BCUT2D eigenvalue weighted by atomic mass is 35.5. The molecule has 0 saturated carbocycles. The Balaban J connectivity index is 2.51. The van der Waals surface area contributed by atoms with Gasteiger partial charge in [0.1, 0.15) is 5.82 Å². The minimum absolute atomic E-state index is 0.0672. The van der Waals surface area contributed by atoms with Crippen molar-refractivity contribution >= 4 is 23.2 Å². The van der Waals surface area contributed by atoms with Crippen LogP contribution in [-0.4, -0.2) is 31.1 Å². The number of hydrogen-bond donors (Lipinski definition) is 1. The highest BCUT2D eigenvalue weighted by molar-refractivity contribution is 6.36. The molecule has 2 nitrogen and oxygen atoms in total. The van der Waals surface area contributed by atoms with Crippen molar-refractivity contribution in [3.05, 3.63) is 33.6 Å². The van der Waals surface area contributed by atoms with Crippen LogP contribution in [0.2, 0.25) is 10.0 Å². The Morgan fingerprint density at radius 3 is 2.50 bits per heavy atom. The molecule has 1 unspecified atom stereocenters. The zero-order valence-corrected chi connectivity index (χ0v) is 13.9. The molecule has 0 bridgehead atoms. The summed E-state index contributed by atoms with van der Waals surface area (Å²) in [5, 5.41) is 3.96. The molecule has 1 aromatic rings. The van der Waals surface area contributed by atoms with E-state index < -0.39 is 5.82 Å². The Bertz CT molecular complexity index is 423. The summed E-state index contributed by atoms with van der Waals surface area (Å²) < 4.78 is 13.5. The molecule has 0 spiro atoms. The Labute approximate surface area is 131 Å². The van der Waals surface area contributed by atoms with Crippen LogP contribution in [-0.2, 0) is 0 Å². The van der Waals surface area contributed by atoms with E-state index in [1.165, 1.54) is 6.07 Å². The van der Waals surface area contributed by atoms with Gasteiger partial charge in [0.05, 0.1) is 5.02 Å². The lowest BCUT2D eigenvalue weighted by Gasteiger charge is -2.20. The van der Waals surface area contributed by atoms with Crippen molar-refractivity contribution in [2.24, 2.45) is 0 Å². The van der Waals surface area contributed by atoms with Crippen LogP contribution in [0.3, 0.4) is 0 Å². The van der Waals surface area contributed by atoms with Gasteiger partial charge in [0.15, 0.2) is 0 Å². The van der Waals surface area contributed by atoms with Gasteiger partial charge in [-0.2, -0.15) is 0 Å². The number of nitrogens with zero attached hydrogens (tertiary/aromatic N) is 1. The van der Waals surface area contributed by atoms with Gasteiger partial charge in [-0.1, -0.05) is 37.0 Å². The summed E-state index contributed by atoms with van der Waals surface area (Å²) in [4.78, 5) is 2.37. The average Bonchev–Trinajstić information content (AvgIpc) is 2.43. The van der Waals surface area contributed by atoms with Crippen molar-refractivity contribution in [1.82, 2.24) is 10.2 Å². The highest BCUT2D eigenvalue weighted by Gasteiger charge is 2.16. The summed E-state index contributed by atoms with van der Waals surface area (Å²) in [5.41, 5.74) is 0.635. The third kappa shape index (κ3) is 4.88. The zero-order chi connectivity index (χ0) is 15.1. The fraction of sp³-hybridized carbons (Fsp3) is 0.600. The lowest BCUT2D eigenvalue weighted by Crippen LogP contribution is -2.28. The first-order valence-electron chi connectivity index (χ1n) is 7.10. The number of rotatable bonds is 8. The molecule has 0 radical (unpaired) electrons. The van der Waals surface area contributed by atoms with E-state index in [4.69, 9.17) is 23.2 Å². The molecule has 20 heavy (non-hydrogen) atoms. The minimum Gasteiger partial charge on any atom is -0.310 e. The third-order valence-electron chi connectivity index (χ3n) is 3.51. The average molecular weight is 321 g/mol. The number of nitrogens with one attached hydrogen (secondary N) is 1. The van der Waals surface area contributed by atoms with Crippen molar-refractivity contribution < 1.29 is 4.39 Å². The summed E-state index contributed by atoms with van der Waals surface area (Å²) in [5.74, 6) is -0.428. The maximum atomic E-state index is 13.5. The Morgan fingerprint density at radius 1 is 1.25 bits per heavy atom. The topological polar surface area (TPSA) is 15.3 Å². The van der Waals surface area contributed by atoms with Crippen molar-refractivity contribution in [3.8, 4) is 0 Å². The molecule has 0 heterocycles. The van der Waals surface area contributed by atoms with Gasteiger partial charge in [0, 0.05) is 16.6 Å². The molecule has 1 N–H and O–H groups in total. The number of benzene rings is 1. The molecule has 0 aromatic heterocycles. The number of halogens is 3. The lowest BCUT2D eigenvalue weighted by molar-refractivity contribution is 0.296. The van der Waals surface area contributed by atoms with Gasteiger partial charge >= 0.3 is 0 Å². The predicted octanol–water partition coefficient (Wildman–Crippen LogP) is 4.52. The van der Waals surface area contributed by atoms with Crippen LogP contribution in [0.1, 0.15) is 38.8 Å². The third-order valence-corrected chi connectivity index (χ3v) is 4.22. The van der Waals surface area contributed by atoms with E-state index in [9.17, 15) is 4.39 Å². The first-order valence-corrected chi connectivity index (χ1v) is 7.85. The normalized spacial score (nSPS) is 12.9. The van der Waals surface area contributed by atoms with E-state index in [0.29, 0.717) is 10.6 Å². The van der Waals surface area contributed by atoms with Gasteiger partial charge in [0.2, 0.25) is 0 Å². The van der Waals surface area contributed by atoms with Crippen molar-refractivity contribution in [1.29, 1.82) is 0 Å². The van der Waals surface area contributed by atoms with Gasteiger partial charge in [-0.3, -0.25) is 0 Å². The summed E-state index contributed by atoms with van der Waals surface area (Å²) in [6.45, 7) is 10.3. The van der Waals surface area contributed by atoms with Gasteiger partial charge < -0.3 is 10.2 Å². The molecule has 0 fully saturated rings. The van der Waals surface area contributed by atoms with E-state index >= 15 is 0 Å². The Hall–Kier alpha value is -0.350. The van der Waals surface area contributed by atoms with Crippen molar-refractivity contribution in [3.63, 3.8) is 0 Å². The van der Waals surface area contributed by atoms with Gasteiger partial charge in [0.25, 0.3) is 0 Å². The zero-order valence-electron chi connectivity index (χ0n) is 12.3. The van der Waals surface area contributed by atoms with Crippen LogP contribution in [0.25, 0.3) is 0 Å². The maximum Gasteiger partial charge on any atom is 0.142 e. The summed E-state index contributed by atoms with van der Waals surface area (Å²) >= 11 is 12.1. The molecule has 0 amide bonds. The second-order valence-corrected chi connectivity index (χ2v) is 5.60. The maximum absolute atomic E-state index is 13.5. The molecule has 1 rings (SSSR count). The molecule has 114 valence electrons. The van der Waals surface area contributed by atoms with Crippen LogP contribution < -0.4 is 5.32 Å². The molecule has 0 aliphatic heterocycles. The largest absolute Gasteiger partial charge is 0.310 e. The van der Waals surface area contributed by atoms with Gasteiger partial charge in [-0.05, 0) is 51.7 Å². The van der Waals surface area contributed by atoms with E-state index in [1.54, 1.807) is 6.07 Å². The first-order chi connectivity index (χ1) is 9.51. The van der Waals surface area contributed by atoms with Crippen molar-refractivity contribution in [2.75, 3.05) is 26.2 Å². The fourth-order valence-electron chi connectivity index (χ4n) is 2.20. The molecule has 1 aromatic carbocycles. The van der Waals surface area contributed by atoms with E-state index in [-0.39, 0.29) is 11.1 Å². The van der Waals surface area contributed by atoms with Crippen LogP contribution >= 0.6 is 23.2 Å². The molecule has 0 saturated heterocycles. The highest BCUT2D eigenvalue weighted by Crippen LogP contribution is 2.32. The smallest absolute Gasteiger partial charge is 0.142 e. The second-order valence-electron chi connectivity index (χ2n) is 4.81. The molecular weight excluding hydrogens is 298 g/mol. The SMILES string of the molecule is CCN(CC)CCCNC(C)c1c(Cl)ccc(F)c1Cl. The Morgan fingerprint density at radius 2 is 1.90 bits per heavy atom. The van der Waals surface area contributed by atoms with Crippen LogP contribution in [0.5, 0.6) is 0 Å². The summed E-state index contributed by atoms with van der Waals surface area (Å²) in [6.07, 6.45) is 1.04. The van der Waals surface area contributed by atoms with Gasteiger partial charge in [-0.15, -0.1) is 0 Å². The Kier molecular flexibility index (Phi) is 7.82. The quantitative estimate of drug-likeness (QED) is 0.559. The summed E-state index contributed by atoms with van der Waals surface area (Å²) in [7, 11) is 0. The fourth-order valence-corrected chi connectivity index (χ4v) is 2.90. The second kappa shape index (κ2) is 8.83. The minimum atomic E-state index is -0.428. The molecular formula is C15H23Cl2FN2. The predicted molar refractivity (Wildman–Crippen MR) is 85.2 cm³/mol. The lowest BCUT2D eigenvalue weighted by atomic mass is 10.1. The monoisotopic (exact) mass is 320 g/mol. The first kappa shape index (κ1) is 17.7. The van der Waals surface area contributed by atoms with Crippen LogP contribution in [0.4, 0.5) is 4.39 Å². The molecule has 1 atom stereocenters. The number of hydrogen-bond acceptors (Lipinski definition) is 2. The summed E-state index contributed by atoms with van der Waals surface area (Å²) in [6, 6.07) is 2.77. The van der Waals surface area contributed by atoms with E-state index in [0.717, 1.165) is 32.6 Å². The van der Waals surface area contributed by atoms with Crippen LogP contribution in [0, 0.1) is 5.82 Å². The van der Waals surface area contributed by atoms with Crippen molar-refractivity contribution in [2.45, 2.75) is 33.2 Å².